The Morgan fingerprint density at radius 1 is 1.35 bits per heavy atom. The molecule has 0 saturated carbocycles. The second-order valence-electron chi connectivity index (χ2n) is 5.43. The third-order valence-electron chi connectivity index (χ3n) is 4.18. The molecule has 2 heterocycles. The number of rotatable bonds is 2. The van der Waals surface area contributed by atoms with E-state index in [1.54, 1.807) is 0 Å². The Labute approximate surface area is 131 Å². The lowest BCUT2D eigenvalue weighted by Crippen LogP contribution is -2.36. The van der Waals surface area contributed by atoms with Gasteiger partial charge in [0.05, 0.1) is 12.0 Å². The maximum Gasteiger partial charge on any atom is 0.227 e. The Balaban J connectivity index is 0.00000147. The molecule has 2 aliphatic heterocycles. The Kier molecular flexibility index (Phi) is 5.30. The first kappa shape index (κ1) is 15.6. The molecule has 5 heteroatoms. The van der Waals surface area contributed by atoms with Crippen molar-refractivity contribution in [1.82, 2.24) is 10.2 Å². The standard InChI is InChI=1S/C15H19ClN2O.ClH/c16-13-4-1-3-11(9-13)14-5-2-8-18(14)15(19)12-6-7-17-10-12;/h1,3-4,9,12,14,17H,2,5-8,10H2;1H. The minimum absolute atomic E-state index is 0. The van der Waals surface area contributed by atoms with Gasteiger partial charge in [-0.05, 0) is 43.5 Å². The quantitative estimate of drug-likeness (QED) is 0.910. The predicted molar refractivity (Wildman–Crippen MR) is 83.4 cm³/mol. The molecule has 2 saturated heterocycles. The molecule has 20 heavy (non-hydrogen) atoms. The molecular formula is C15H20Cl2N2O. The van der Waals surface area contributed by atoms with Crippen LogP contribution in [0.2, 0.25) is 5.02 Å². The number of nitrogens with one attached hydrogen (secondary N) is 1. The van der Waals surface area contributed by atoms with Crippen LogP contribution in [-0.2, 0) is 4.79 Å². The van der Waals surface area contributed by atoms with E-state index >= 15 is 0 Å². The monoisotopic (exact) mass is 314 g/mol. The molecule has 110 valence electrons. The highest BCUT2D eigenvalue weighted by Gasteiger charge is 2.34. The summed E-state index contributed by atoms with van der Waals surface area (Å²) in [6, 6.07) is 8.13. The molecule has 3 nitrogen and oxygen atoms in total. The van der Waals surface area contributed by atoms with Crippen LogP contribution in [0, 0.1) is 5.92 Å². The molecule has 2 fully saturated rings. The van der Waals surface area contributed by atoms with Crippen LogP contribution in [0.1, 0.15) is 30.9 Å². The maximum absolute atomic E-state index is 12.6. The van der Waals surface area contributed by atoms with Crippen molar-refractivity contribution in [3.8, 4) is 0 Å². The first-order valence-corrected chi connectivity index (χ1v) is 7.40. The van der Waals surface area contributed by atoms with Crippen molar-refractivity contribution >= 4 is 29.9 Å². The molecule has 0 aromatic heterocycles. The molecule has 1 N–H and O–H groups in total. The molecule has 1 aromatic carbocycles. The summed E-state index contributed by atoms with van der Waals surface area (Å²) in [5, 5.41) is 4.02. The van der Waals surface area contributed by atoms with E-state index in [0.717, 1.165) is 43.9 Å². The Bertz CT molecular complexity index is 475. The SMILES string of the molecule is Cl.O=C(C1CCNC1)N1CCCC1c1cccc(Cl)c1. The molecule has 2 unspecified atom stereocenters. The van der Waals surface area contributed by atoms with Gasteiger partial charge >= 0.3 is 0 Å². The Morgan fingerprint density at radius 2 is 2.20 bits per heavy atom. The van der Waals surface area contributed by atoms with Gasteiger partial charge in [-0.3, -0.25) is 4.79 Å². The highest BCUT2D eigenvalue weighted by atomic mass is 35.5. The van der Waals surface area contributed by atoms with Gasteiger partial charge in [-0.25, -0.2) is 0 Å². The summed E-state index contributed by atoms with van der Waals surface area (Å²) in [6.07, 6.45) is 3.10. The zero-order valence-corrected chi connectivity index (χ0v) is 12.9. The average Bonchev–Trinajstić information content (AvgIpc) is 3.09. The van der Waals surface area contributed by atoms with Crippen molar-refractivity contribution in [3.63, 3.8) is 0 Å². The van der Waals surface area contributed by atoms with Gasteiger partial charge in [-0.2, -0.15) is 0 Å². The molecule has 0 aliphatic carbocycles. The number of carbonyl (C=O) groups excluding carboxylic acids is 1. The minimum atomic E-state index is 0. The van der Waals surface area contributed by atoms with Gasteiger partial charge in [0.2, 0.25) is 5.91 Å². The van der Waals surface area contributed by atoms with Crippen molar-refractivity contribution in [2.45, 2.75) is 25.3 Å². The third kappa shape index (κ3) is 3.11. The molecule has 3 rings (SSSR count). The van der Waals surface area contributed by atoms with Crippen molar-refractivity contribution < 1.29 is 4.79 Å². The van der Waals surface area contributed by atoms with E-state index in [-0.39, 0.29) is 24.4 Å². The molecule has 1 amide bonds. The summed E-state index contributed by atoms with van der Waals surface area (Å²) in [7, 11) is 0. The van der Waals surface area contributed by atoms with E-state index in [1.165, 1.54) is 5.56 Å². The minimum Gasteiger partial charge on any atom is -0.335 e. The molecule has 1 aromatic rings. The van der Waals surface area contributed by atoms with Crippen LogP contribution in [0.3, 0.4) is 0 Å². The highest BCUT2D eigenvalue weighted by molar-refractivity contribution is 6.30. The van der Waals surface area contributed by atoms with Crippen LogP contribution >= 0.6 is 24.0 Å². The van der Waals surface area contributed by atoms with Crippen molar-refractivity contribution in [3.05, 3.63) is 34.9 Å². The van der Waals surface area contributed by atoms with Crippen LogP contribution in [0.4, 0.5) is 0 Å². The Morgan fingerprint density at radius 3 is 2.90 bits per heavy atom. The van der Waals surface area contributed by atoms with E-state index < -0.39 is 0 Å². The molecule has 0 radical (unpaired) electrons. The summed E-state index contributed by atoms with van der Waals surface area (Å²) in [6.45, 7) is 2.68. The maximum atomic E-state index is 12.6. The lowest BCUT2D eigenvalue weighted by Gasteiger charge is -2.27. The molecule has 0 bridgehead atoms. The molecule has 0 spiro atoms. The highest BCUT2D eigenvalue weighted by Crippen LogP contribution is 2.34. The van der Waals surface area contributed by atoms with Gasteiger partial charge in [0.25, 0.3) is 0 Å². The average molecular weight is 315 g/mol. The number of nitrogens with zero attached hydrogens (tertiary/aromatic N) is 1. The summed E-state index contributed by atoms with van der Waals surface area (Å²) in [4.78, 5) is 14.6. The molecule has 2 aliphatic rings. The number of likely N-dealkylation sites (tertiary alicyclic amines) is 1. The van der Waals surface area contributed by atoms with Crippen LogP contribution in [-0.4, -0.2) is 30.4 Å². The smallest absolute Gasteiger partial charge is 0.227 e. The van der Waals surface area contributed by atoms with Gasteiger partial charge in [-0.1, -0.05) is 23.7 Å². The predicted octanol–water partition coefficient (Wildman–Crippen LogP) is 3.03. The number of amides is 1. The molecule has 2 atom stereocenters. The number of carbonyl (C=O) groups is 1. The van der Waals surface area contributed by atoms with E-state index in [4.69, 9.17) is 11.6 Å². The topological polar surface area (TPSA) is 32.3 Å². The van der Waals surface area contributed by atoms with Crippen LogP contribution in [0.25, 0.3) is 0 Å². The number of benzene rings is 1. The first-order valence-electron chi connectivity index (χ1n) is 7.02. The van der Waals surface area contributed by atoms with E-state index in [9.17, 15) is 4.79 Å². The summed E-state index contributed by atoms with van der Waals surface area (Å²) >= 11 is 6.06. The van der Waals surface area contributed by atoms with Crippen molar-refractivity contribution in [2.24, 2.45) is 5.92 Å². The summed E-state index contributed by atoms with van der Waals surface area (Å²) in [5.74, 6) is 0.479. The van der Waals surface area contributed by atoms with Crippen LogP contribution in [0.5, 0.6) is 0 Å². The zero-order chi connectivity index (χ0) is 13.2. The molecular weight excluding hydrogens is 295 g/mol. The van der Waals surface area contributed by atoms with Gasteiger partial charge in [0, 0.05) is 18.1 Å². The first-order chi connectivity index (χ1) is 9.25. The third-order valence-corrected chi connectivity index (χ3v) is 4.41. The fraction of sp³-hybridized carbons (Fsp3) is 0.533. The summed E-state index contributed by atoms with van der Waals surface area (Å²) < 4.78 is 0. The second-order valence-corrected chi connectivity index (χ2v) is 5.87. The number of halogens is 2. The fourth-order valence-corrected chi connectivity index (χ4v) is 3.39. The second kappa shape index (κ2) is 6.79. The van der Waals surface area contributed by atoms with E-state index in [1.807, 2.05) is 18.2 Å². The van der Waals surface area contributed by atoms with Crippen LogP contribution in [0.15, 0.2) is 24.3 Å². The van der Waals surface area contributed by atoms with E-state index in [2.05, 4.69) is 16.3 Å². The van der Waals surface area contributed by atoms with Crippen molar-refractivity contribution in [1.29, 1.82) is 0 Å². The number of hydrogen-bond donors (Lipinski definition) is 1. The van der Waals surface area contributed by atoms with Gasteiger partial charge in [0.1, 0.15) is 0 Å². The number of hydrogen-bond acceptors (Lipinski definition) is 2. The van der Waals surface area contributed by atoms with Gasteiger partial charge < -0.3 is 10.2 Å². The van der Waals surface area contributed by atoms with Gasteiger partial charge in [0.15, 0.2) is 0 Å². The lowest BCUT2D eigenvalue weighted by molar-refractivity contribution is -0.135. The van der Waals surface area contributed by atoms with Gasteiger partial charge in [-0.15, -0.1) is 12.4 Å². The largest absolute Gasteiger partial charge is 0.335 e. The normalized spacial score (nSPS) is 25.6. The zero-order valence-electron chi connectivity index (χ0n) is 11.3. The van der Waals surface area contributed by atoms with E-state index in [0.29, 0.717) is 5.91 Å². The lowest BCUT2D eigenvalue weighted by atomic mass is 10.0. The van der Waals surface area contributed by atoms with Crippen molar-refractivity contribution in [2.75, 3.05) is 19.6 Å². The van der Waals surface area contributed by atoms with Crippen LogP contribution < -0.4 is 5.32 Å². The Hall–Kier alpha value is -0.770. The summed E-state index contributed by atoms with van der Waals surface area (Å²) in [5.41, 5.74) is 1.17. The fourth-order valence-electron chi connectivity index (χ4n) is 3.19.